The number of amides is 1. The number of unbranched alkanes of at least 4 members (excludes halogenated alkanes) is 48. The van der Waals surface area contributed by atoms with Crippen LogP contribution in [0.2, 0.25) is 0 Å². The SMILES string of the molecule is CCCCC/C=C\C/C=C\CCCCCCCCCC(=O)OCCCCCCCCCCCCCC/C=C\CCCCCCCCCCCCCCCCCCC(=O)NC(CO)C(O)/C=C/CCCCCCCCCCCC. The average molecular weight is 1090 g/mol. The first-order valence-corrected chi connectivity index (χ1v) is 34.9. The van der Waals surface area contributed by atoms with Crippen molar-refractivity contribution in [2.45, 2.75) is 386 Å². The van der Waals surface area contributed by atoms with Gasteiger partial charge in [0.15, 0.2) is 0 Å². The molecule has 0 aliphatic rings. The maximum atomic E-state index is 12.5. The first-order chi connectivity index (χ1) is 38.5. The maximum Gasteiger partial charge on any atom is 0.305 e. The lowest BCUT2D eigenvalue weighted by Crippen LogP contribution is -2.45. The number of esters is 1. The summed E-state index contributed by atoms with van der Waals surface area (Å²) in [6, 6.07) is -0.625. The molecule has 78 heavy (non-hydrogen) atoms. The van der Waals surface area contributed by atoms with Crippen LogP contribution in [0.5, 0.6) is 0 Å². The summed E-state index contributed by atoms with van der Waals surface area (Å²) < 4.78 is 5.50. The fourth-order valence-corrected chi connectivity index (χ4v) is 10.7. The van der Waals surface area contributed by atoms with Crippen molar-refractivity contribution in [1.82, 2.24) is 5.32 Å². The summed E-state index contributed by atoms with van der Waals surface area (Å²) in [5, 5.41) is 23.1. The monoisotopic (exact) mass is 1090 g/mol. The molecule has 6 nitrogen and oxygen atoms in total. The minimum absolute atomic E-state index is 0.0101. The van der Waals surface area contributed by atoms with Gasteiger partial charge in [-0.25, -0.2) is 0 Å². The van der Waals surface area contributed by atoms with E-state index in [2.05, 4.69) is 55.6 Å². The molecule has 0 saturated carbocycles. The molecule has 0 fully saturated rings. The van der Waals surface area contributed by atoms with Crippen LogP contribution in [0.1, 0.15) is 373 Å². The summed E-state index contributed by atoms with van der Waals surface area (Å²) in [4.78, 5) is 24.5. The fourth-order valence-electron chi connectivity index (χ4n) is 10.7. The molecule has 0 bridgehead atoms. The van der Waals surface area contributed by atoms with Crippen molar-refractivity contribution < 1.29 is 24.5 Å². The van der Waals surface area contributed by atoms with Crippen molar-refractivity contribution in [3.05, 3.63) is 48.6 Å². The zero-order chi connectivity index (χ0) is 56.4. The molecule has 0 aliphatic carbocycles. The van der Waals surface area contributed by atoms with Crippen LogP contribution in [0, 0.1) is 0 Å². The minimum Gasteiger partial charge on any atom is -0.466 e. The van der Waals surface area contributed by atoms with Crippen molar-refractivity contribution >= 4 is 11.9 Å². The molecule has 0 rings (SSSR count). The van der Waals surface area contributed by atoms with Crippen molar-refractivity contribution in [2.24, 2.45) is 0 Å². The summed E-state index contributed by atoms with van der Waals surface area (Å²) in [5.41, 5.74) is 0. The summed E-state index contributed by atoms with van der Waals surface area (Å²) in [7, 11) is 0. The topological polar surface area (TPSA) is 95.9 Å². The second kappa shape index (κ2) is 67.3. The van der Waals surface area contributed by atoms with Crippen LogP contribution < -0.4 is 5.32 Å². The summed E-state index contributed by atoms with van der Waals surface area (Å²) in [6.45, 7) is 4.89. The van der Waals surface area contributed by atoms with Crippen molar-refractivity contribution in [3.63, 3.8) is 0 Å². The molecule has 0 radical (unpaired) electrons. The molecule has 0 spiro atoms. The molecular weight excluding hydrogens is 959 g/mol. The van der Waals surface area contributed by atoms with Crippen LogP contribution in [-0.2, 0) is 14.3 Å². The van der Waals surface area contributed by atoms with Gasteiger partial charge in [-0.2, -0.15) is 0 Å². The Labute approximate surface area is 486 Å². The molecule has 0 aromatic heterocycles. The number of hydrogen-bond acceptors (Lipinski definition) is 5. The molecule has 0 heterocycles. The van der Waals surface area contributed by atoms with Gasteiger partial charge in [-0.3, -0.25) is 9.59 Å². The van der Waals surface area contributed by atoms with Crippen LogP contribution in [0.25, 0.3) is 0 Å². The van der Waals surface area contributed by atoms with Crippen LogP contribution in [-0.4, -0.2) is 47.4 Å². The van der Waals surface area contributed by atoms with E-state index in [1.807, 2.05) is 6.08 Å². The highest BCUT2D eigenvalue weighted by Gasteiger charge is 2.18. The van der Waals surface area contributed by atoms with Crippen LogP contribution in [0.4, 0.5) is 0 Å². The molecule has 3 N–H and O–H groups in total. The van der Waals surface area contributed by atoms with Gasteiger partial charge in [0.05, 0.1) is 25.4 Å². The van der Waals surface area contributed by atoms with E-state index in [0.29, 0.717) is 19.4 Å². The van der Waals surface area contributed by atoms with E-state index in [4.69, 9.17) is 4.74 Å². The van der Waals surface area contributed by atoms with Gasteiger partial charge in [0.25, 0.3) is 0 Å². The Balaban J connectivity index is 3.35. The van der Waals surface area contributed by atoms with E-state index < -0.39 is 12.1 Å². The van der Waals surface area contributed by atoms with Gasteiger partial charge < -0.3 is 20.3 Å². The van der Waals surface area contributed by atoms with E-state index >= 15 is 0 Å². The van der Waals surface area contributed by atoms with Gasteiger partial charge >= 0.3 is 5.97 Å². The van der Waals surface area contributed by atoms with Crippen molar-refractivity contribution in [1.29, 1.82) is 0 Å². The Kier molecular flexibility index (Phi) is 65.4. The normalized spacial score (nSPS) is 12.8. The predicted octanol–water partition coefficient (Wildman–Crippen LogP) is 22.5. The largest absolute Gasteiger partial charge is 0.466 e. The van der Waals surface area contributed by atoms with E-state index in [9.17, 15) is 19.8 Å². The van der Waals surface area contributed by atoms with Gasteiger partial charge in [0.2, 0.25) is 5.91 Å². The molecule has 0 saturated heterocycles. The third-order valence-electron chi connectivity index (χ3n) is 16.1. The summed E-state index contributed by atoms with van der Waals surface area (Å²) in [5.74, 6) is -0.0550. The first-order valence-electron chi connectivity index (χ1n) is 34.9. The minimum atomic E-state index is -0.842. The molecule has 2 unspecified atom stereocenters. The molecule has 0 aromatic rings. The number of nitrogens with one attached hydrogen (secondary N) is 1. The molecule has 1 amide bonds. The summed E-state index contributed by atoms with van der Waals surface area (Å²) in [6.07, 6.45) is 87.7. The van der Waals surface area contributed by atoms with Crippen molar-refractivity contribution in [3.8, 4) is 0 Å². The second-order valence-corrected chi connectivity index (χ2v) is 23.9. The fraction of sp³-hybridized carbons (Fsp3) is 0.861. The third-order valence-corrected chi connectivity index (χ3v) is 16.1. The smallest absolute Gasteiger partial charge is 0.305 e. The van der Waals surface area contributed by atoms with E-state index in [1.165, 1.54) is 295 Å². The molecular formula is C72H135NO5. The highest BCUT2D eigenvalue weighted by Crippen LogP contribution is 2.18. The highest BCUT2D eigenvalue weighted by atomic mass is 16.5. The molecule has 0 aromatic carbocycles. The quantitative estimate of drug-likeness (QED) is 0.0320. The van der Waals surface area contributed by atoms with Gasteiger partial charge in [0, 0.05) is 12.8 Å². The lowest BCUT2D eigenvalue weighted by molar-refractivity contribution is -0.143. The van der Waals surface area contributed by atoms with Crippen LogP contribution in [0.15, 0.2) is 48.6 Å². The molecule has 2 atom stereocenters. The molecule has 0 aliphatic heterocycles. The predicted molar refractivity (Wildman–Crippen MR) is 342 cm³/mol. The zero-order valence-corrected chi connectivity index (χ0v) is 52.4. The number of rotatable bonds is 65. The van der Waals surface area contributed by atoms with Gasteiger partial charge in [-0.15, -0.1) is 0 Å². The maximum absolute atomic E-state index is 12.5. The number of hydrogen-bond donors (Lipinski definition) is 3. The highest BCUT2D eigenvalue weighted by molar-refractivity contribution is 5.76. The number of allylic oxidation sites excluding steroid dienone is 7. The van der Waals surface area contributed by atoms with E-state index in [1.54, 1.807) is 6.08 Å². The second-order valence-electron chi connectivity index (χ2n) is 23.9. The van der Waals surface area contributed by atoms with Crippen LogP contribution >= 0.6 is 0 Å². The first kappa shape index (κ1) is 75.8. The Hall–Kier alpha value is -2.18. The number of aliphatic hydroxyl groups is 2. The molecule has 458 valence electrons. The van der Waals surface area contributed by atoms with Crippen molar-refractivity contribution in [2.75, 3.05) is 13.2 Å². The van der Waals surface area contributed by atoms with E-state index in [0.717, 1.165) is 51.4 Å². The number of carbonyl (C=O) groups is 2. The number of aliphatic hydroxyl groups excluding tert-OH is 2. The van der Waals surface area contributed by atoms with Gasteiger partial charge in [0.1, 0.15) is 0 Å². The Bertz CT molecular complexity index is 1310. The van der Waals surface area contributed by atoms with Gasteiger partial charge in [-0.1, -0.05) is 319 Å². The van der Waals surface area contributed by atoms with E-state index in [-0.39, 0.29) is 18.5 Å². The summed E-state index contributed by atoms with van der Waals surface area (Å²) >= 11 is 0. The third kappa shape index (κ3) is 63.0. The standard InChI is InChI=1S/C72H135NO5/c1-3-5-7-9-11-13-15-17-18-35-39-42-46-50-54-58-62-66-72(77)78-67-63-59-55-51-47-43-40-37-34-32-30-28-26-24-22-20-19-21-23-25-27-29-31-33-36-38-41-45-49-53-57-61-65-71(76)73-69(68-74)70(75)64-60-56-52-48-44-16-14-12-10-8-6-4-2/h11,13,17-18,22,24,60,64,69-70,74-75H,3-10,12,14-16,19-21,23,25-59,61-63,65-68H2,1-2H3,(H,73,76)/b13-11-,18-17-,24-22-,64-60+. The average Bonchev–Trinajstić information content (AvgIpc) is 3.44. The Morgan fingerprint density at radius 2 is 0.641 bits per heavy atom. The lowest BCUT2D eigenvalue weighted by atomic mass is 10.0. The number of carbonyl (C=O) groups excluding carboxylic acids is 2. The Morgan fingerprint density at radius 1 is 0.359 bits per heavy atom. The van der Waals surface area contributed by atoms with Gasteiger partial charge in [-0.05, 0) is 89.9 Å². The zero-order valence-electron chi connectivity index (χ0n) is 52.4. The van der Waals surface area contributed by atoms with Crippen LogP contribution in [0.3, 0.4) is 0 Å². The number of ether oxygens (including phenoxy) is 1. The Morgan fingerprint density at radius 3 is 1.01 bits per heavy atom. The lowest BCUT2D eigenvalue weighted by Gasteiger charge is -2.20. The molecule has 6 heteroatoms.